The Hall–Kier alpha value is -2.91. The van der Waals surface area contributed by atoms with Crippen molar-refractivity contribution in [2.75, 3.05) is 26.4 Å². The Morgan fingerprint density at radius 1 is 1.17 bits per heavy atom. The van der Waals surface area contributed by atoms with Crippen molar-refractivity contribution >= 4 is 23.4 Å². The molecule has 4 rings (SSSR count). The van der Waals surface area contributed by atoms with Gasteiger partial charge in [0.25, 0.3) is 0 Å². The highest BCUT2D eigenvalue weighted by Crippen LogP contribution is 2.47. The highest BCUT2D eigenvalue weighted by atomic mass is 35.5. The fourth-order valence-electron chi connectivity index (χ4n) is 4.61. The van der Waals surface area contributed by atoms with Gasteiger partial charge in [-0.25, -0.2) is 0 Å². The highest BCUT2D eigenvalue weighted by molar-refractivity contribution is 6.30. The molecule has 0 spiro atoms. The molecule has 1 aliphatic carbocycles. The first kappa shape index (κ1) is 25.2. The van der Waals surface area contributed by atoms with Gasteiger partial charge in [0, 0.05) is 35.9 Å². The standard InChI is InChI=1S/C26H29ClN2O6/c1-2-34-15-22(31)29(14-16-7-9-17(27)10-8-16)20-13-19(26(33)28-11-12-30)23-18-5-3-4-6-21(18)35-25(23)24(20)32/h3-10,13,20,23-25,30,32H,2,11-12,14-15H2,1H3,(H,28,33)/t20-,23+,24+,25+/m1/s1. The van der Waals surface area contributed by atoms with Gasteiger partial charge in [0.05, 0.1) is 18.6 Å². The molecular weight excluding hydrogens is 472 g/mol. The quantitative estimate of drug-likeness (QED) is 0.486. The summed E-state index contributed by atoms with van der Waals surface area (Å²) in [7, 11) is 0. The summed E-state index contributed by atoms with van der Waals surface area (Å²) >= 11 is 6.02. The van der Waals surface area contributed by atoms with E-state index in [1.165, 1.54) is 4.90 Å². The fraction of sp³-hybridized carbons (Fsp3) is 0.385. The van der Waals surface area contributed by atoms with Crippen LogP contribution in [0.1, 0.15) is 24.0 Å². The number of benzene rings is 2. The Kier molecular flexibility index (Phi) is 8.07. The normalized spacial score (nSPS) is 22.5. The SMILES string of the molecule is CCOCC(=O)N(Cc1ccc(Cl)cc1)[C@@H]1C=C(C(=O)NCCO)[C@@H]2c3ccccc3O[C@@H]2[C@H]1O. The van der Waals surface area contributed by atoms with Crippen LogP contribution in [0.5, 0.6) is 5.75 Å². The minimum Gasteiger partial charge on any atom is -0.486 e. The molecule has 1 aliphatic heterocycles. The van der Waals surface area contributed by atoms with Gasteiger partial charge in [0.15, 0.2) is 0 Å². The smallest absolute Gasteiger partial charge is 0.249 e. The number of halogens is 1. The fourth-order valence-corrected chi connectivity index (χ4v) is 4.74. The largest absolute Gasteiger partial charge is 0.486 e. The predicted molar refractivity (Wildman–Crippen MR) is 130 cm³/mol. The van der Waals surface area contributed by atoms with Crippen LogP contribution in [0.25, 0.3) is 0 Å². The summed E-state index contributed by atoms with van der Waals surface area (Å²) in [6, 6.07) is 13.6. The van der Waals surface area contributed by atoms with Crippen molar-refractivity contribution < 1.29 is 29.3 Å². The van der Waals surface area contributed by atoms with E-state index in [2.05, 4.69) is 5.32 Å². The minimum atomic E-state index is -1.10. The molecule has 9 heteroatoms. The van der Waals surface area contributed by atoms with Crippen LogP contribution in [-0.2, 0) is 20.9 Å². The zero-order valence-corrected chi connectivity index (χ0v) is 20.1. The first-order chi connectivity index (χ1) is 16.9. The molecule has 3 N–H and O–H groups in total. The van der Waals surface area contributed by atoms with Gasteiger partial charge in [-0.1, -0.05) is 41.9 Å². The number of hydrogen-bond donors (Lipinski definition) is 3. The van der Waals surface area contributed by atoms with Crippen molar-refractivity contribution in [1.82, 2.24) is 10.2 Å². The first-order valence-corrected chi connectivity index (χ1v) is 12.0. The van der Waals surface area contributed by atoms with Gasteiger partial charge in [-0.05, 0) is 36.8 Å². The number of carbonyl (C=O) groups is 2. The van der Waals surface area contributed by atoms with E-state index in [4.69, 9.17) is 21.1 Å². The van der Waals surface area contributed by atoms with Gasteiger partial charge in [0.2, 0.25) is 11.8 Å². The third-order valence-corrected chi connectivity index (χ3v) is 6.51. The number of nitrogens with one attached hydrogen (secondary N) is 1. The molecule has 0 aromatic heterocycles. The van der Waals surface area contributed by atoms with E-state index in [-0.39, 0.29) is 38.1 Å². The Morgan fingerprint density at radius 3 is 2.63 bits per heavy atom. The zero-order chi connectivity index (χ0) is 24.9. The zero-order valence-electron chi connectivity index (χ0n) is 19.4. The average Bonchev–Trinajstić information content (AvgIpc) is 3.26. The van der Waals surface area contributed by atoms with E-state index >= 15 is 0 Å². The Bertz CT molecular complexity index is 1090. The van der Waals surface area contributed by atoms with Crippen LogP contribution in [0, 0.1) is 0 Å². The number of hydrogen-bond acceptors (Lipinski definition) is 6. The Labute approximate surface area is 209 Å². The third kappa shape index (κ3) is 5.36. The number of amides is 2. The molecule has 0 unspecified atom stereocenters. The van der Waals surface area contributed by atoms with Crippen LogP contribution in [0.2, 0.25) is 5.02 Å². The van der Waals surface area contributed by atoms with Gasteiger partial charge in [-0.15, -0.1) is 0 Å². The maximum Gasteiger partial charge on any atom is 0.249 e. The number of aliphatic hydroxyl groups excluding tert-OH is 2. The van der Waals surface area contributed by atoms with Crippen LogP contribution in [0.15, 0.2) is 60.2 Å². The number of rotatable bonds is 9. The maximum atomic E-state index is 13.2. The maximum absolute atomic E-state index is 13.2. The lowest BCUT2D eigenvalue weighted by Crippen LogP contribution is -2.56. The summed E-state index contributed by atoms with van der Waals surface area (Å²) in [6.07, 6.45) is -0.214. The van der Waals surface area contributed by atoms with Crippen LogP contribution < -0.4 is 10.1 Å². The van der Waals surface area contributed by atoms with Crippen LogP contribution in [0.3, 0.4) is 0 Å². The van der Waals surface area contributed by atoms with Gasteiger partial charge in [-0.3, -0.25) is 9.59 Å². The average molecular weight is 501 g/mol. The number of ether oxygens (including phenoxy) is 2. The molecular formula is C26H29ClN2O6. The van der Waals surface area contributed by atoms with E-state index in [9.17, 15) is 19.8 Å². The van der Waals surface area contributed by atoms with E-state index in [0.717, 1.165) is 11.1 Å². The number of para-hydroxylation sites is 1. The second-order valence-corrected chi connectivity index (χ2v) is 8.90. The molecule has 0 saturated carbocycles. The summed E-state index contributed by atoms with van der Waals surface area (Å²) in [6.45, 7) is 2.05. The number of aliphatic hydroxyl groups is 2. The van der Waals surface area contributed by atoms with Crippen LogP contribution in [0.4, 0.5) is 0 Å². The second kappa shape index (κ2) is 11.2. The lowest BCUT2D eigenvalue weighted by molar-refractivity contribution is -0.142. The summed E-state index contributed by atoms with van der Waals surface area (Å²) in [5.41, 5.74) is 1.99. The van der Waals surface area contributed by atoms with Crippen molar-refractivity contribution in [3.63, 3.8) is 0 Å². The number of fused-ring (bicyclic) bond motifs is 3. The molecule has 0 bridgehead atoms. The van der Waals surface area contributed by atoms with Gasteiger partial charge >= 0.3 is 0 Å². The molecule has 2 aliphatic rings. The molecule has 35 heavy (non-hydrogen) atoms. The predicted octanol–water partition coefficient (Wildman–Crippen LogP) is 2.03. The van der Waals surface area contributed by atoms with E-state index in [0.29, 0.717) is 23.0 Å². The monoisotopic (exact) mass is 500 g/mol. The lowest BCUT2D eigenvalue weighted by Gasteiger charge is -2.40. The number of nitrogens with zero attached hydrogens (tertiary/aromatic N) is 1. The summed E-state index contributed by atoms with van der Waals surface area (Å²) in [5, 5.41) is 23.9. The number of carbonyl (C=O) groups excluding carboxylic acids is 2. The van der Waals surface area contributed by atoms with Crippen molar-refractivity contribution in [3.05, 3.63) is 76.3 Å². The van der Waals surface area contributed by atoms with Gasteiger partial charge in [0.1, 0.15) is 24.6 Å². The molecule has 2 aromatic rings. The summed E-state index contributed by atoms with van der Waals surface area (Å²) in [5.74, 6) is -0.621. The van der Waals surface area contributed by atoms with E-state index < -0.39 is 24.2 Å². The molecule has 8 nitrogen and oxygen atoms in total. The molecule has 4 atom stereocenters. The van der Waals surface area contributed by atoms with Crippen molar-refractivity contribution in [2.45, 2.75) is 37.6 Å². The van der Waals surface area contributed by atoms with Crippen LogP contribution >= 0.6 is 11.6 Å². The summed E-state index contributed by atoms with van der Waals surface area (Å²) < 4.78 is 11.5. The molecule has 0 fully saturated rings. The summed E-state index contributed by atoms with van der Waals surface area (Å²) in [4.78, 5) is 27.9. The molecule has 186 valence electrons. The lowest BCUT2D eigenvalue weighted by atomic mass is 9.77. The molecule has 2 amide bonds. The van der Waals surface area contributed by atoms with Gasteiger partial charge in [-0.2, -0.15) is 0 Å². The molecule has 1 heterocycles. The van der Waals surface area contributed by atoms with E-state index in [1.54, 1.807) is 31.2 Å². The van der Waals surface area contributed by atoms with Crippen molar-refractivity contribution in [2.24, 2.45) is 0 Å². The van der Waals surface area contributed by atoms with Crippen LogP contribution in [-0.4, -0.2) is 71.5 Å². The molecule has 2 aromatic carbocycles. The van der Waals surface area contributed by atoms with Gasteiger partial charge < -0.3 is 29.9 Å². The Balaban J connectivity index is 1.74. The third-order valence-electron chi connectivity index (χ3n) is 6.25. The first-order valence-electron chi connectivity index (χ1n) is 11.6. The molecule has 0 saturated heterocycles. The molecule has 0 radical (unpaired) electrons. The highest BCUT2D eigenvalue weighted by Gasteiger charge is 2.50. The van der Waals surface area contributed by atoms with E-state index in [1.807, 2.05) is 30.3 Å². The van der Waals surface area contributed by atoms with Crippen molar-refractivity contribution in [3.8, 4) is 5.75 Å². The minimum absolute atomic E-state index is 0.0844. The second-order valence-electron chi connectivity index (χ2n) is 8.47. The Morgan fingerprint density at radius 2 is 1.91 bits per heavy atom. The van der Waals surface area contributed by atoms with Crippen molar-refractivity contribution in [1.29, 1.82) is 0 Å². The topological polar surface area (TPSA) is 108 Å².